The number of hydrogen-bond donors (Lipinski definition) is 3. The van der Waals surface area contributed by atoms with Crippen LogP contribution in [0, 0.1) is 0 Å². The Labute approximate surface area is 224 Å². The smallest absolute Gasteiger partial charge is 0.389 e. The zero-order chi connectivity index (χ0) is 28.0. The third-order valence-corrected chi connectivity index (χ3v) is 6.48. The third kappa shape index (κ3) is 7.54. The summed E-state index contributed by atoms with van der Waals surface area (Å²) in [5, 5.41) is 9.70. The van der Waals surface area contributed by atoms with Gasteiger partial charge in [-0.2, -0.15) is 13.2 Å². The summed E-state index contributed by atoms with van der Waals surface area (Å²) in [6.45, 7) is -0.123. The molecule has 0 aliphatic heterocycles. The molecule has 4 aromatic rings. The molecule has 0 atom stereocenters. The van der Waals surface area contributed by atoms with E-state index in [9.17, 15) is 23.1 Å². The molecule has 0 heterocycles. The molecule has 202 valence electrons. The van der Waals surface area contributed by atoms with Crippen LogP contribution >= 0.6 is 0 Å². The van der Waals surface area contributed by atoms with Crippen molar-refractivity contribution in [2.75, 3.05) is 18.1 Å². The lowest BCUT2D eigenvalue weighted by Crippen LogP contribution is -2.10. The van der Waals surface area contributed by atoms with Gasteiger partial charge in [0.2, 0.25) is 0 Å². The number of anilines is 2. The van der Waals surface area contributed by atoms with E-state index >= 15 is 0 Å². The maximum atomic E-state index is 12.4. The quantitative estimate of drug-likeness (QED) is 0.146. The summed E-state index contributed by atoms with van der Waals surface area (Å²) < 4.78 is 42.7. The van der Waals surface area contributed by atoms with Crippen molar-refractivity contribution in [3.63, 3.8) is 0 Å². The molecule has 0 aliphatic rings. The van der Waals surface area contributed by atoms with Crippen molar-refractivity contribution in [2.24, 2.45) is 0 Å². The Morgan fingerprint density at radius 3 is 1.90 bits per heavy atom. The Bertz CT molecular complexity index is 1360. The van der Waals surface area contributed by atoms with Crippen molar-refractivity contribution in [1.29, 1.82) is 0 Å². The first-order valence-electron chi connectivity index (χ1n) is 12.5. The summed E-state index contributed by atoms with van der Waals surface area (Å²) in [5.41, 5.74) is 17.5. The Kier molecular flexibility index (Phi) is 8.44. The first-order valence-corrected chi connectivity index (χ1v) is 12.5. The summed E-state index contributed by atoms with van der Waals surface area (Å²) >= 11 is 0. The van der Waals surface area contributed by atoms with Gasteiger partial charge in [0.25, 0.3) is 0 Å². The van der Waals surface area contributed by atoms with Gasteiger partial charge in [0.1, 0.15) is 5.75 Å². The fourth-order valence-corrected chi connectivity index (χ4v) is 4.44. The van der Waals surface area contributed by atoms with Crippen LogP contribution in [-0.2, 0) is 6.42 Å². The minimum atomic E-state index is -4.25. The fourth-order valence-electron chi connectivity index (χ4n) is 4.44. The highest BCUT2D eigenvalue weighted by Gasteiger charge is 2.26. The summed E-state index contributed by atoms with van der Waals surface area (Å²) in [7, 11) is 0. The molecule has 0 aromatic heterocycles. The van der Waals surface area contributed by atoms with Gasteiger partial charge < -0.3 is 21.3 Å². The fraction of sp³-hybridized carbons (Fsp3) is 0.194. The zero-order valence-corrected chi connectivity index (χ0v) is 21.1. The number of aromatic carboxylic acids is 1. The minimum Gasteiger partial charge on any atom is -0.494 e. The summed E-state index contributed by atoms with van der Waals surface area (Å²) in [6.07, 6.45) is -4.69. The molecule has 4 aromatic carbocycles. The number of hydrogen-bond acceptors (Lipinski definition) is 4. The lowest BCUT2D eigenvalue weighted by Gasteiger charge is -2.19. The number of carboxylic acids is 1. The largest absolute Gasteiger partial charge is 0.494 e. The summed E-state index contributed by atoms with van der Waals surface area (Å²) in [5.74, 6) is -0.752. The molecule has 4 rings (SSSR count). The zero-order valence-electron chi connectivity index (χ0n) is 21.1. The van der Waals surface area contributed by atoms with Gasteiger partial charge in [0.15, 0.2) is 0 Å². The average Bonchev–Trinajstić information content (AvgIpc) is 2.90. The van der Waals surface area contributed by atoms with Crippen LogP contribution in [0.3, 0.4) is 0 Å². The van der Waals surface area contributed by atoms with Gasteiger partial charge in [-0.3, -0.25) is 0 Å². The van der Waals surface area contributed by atoms with Crippen LogP contribution < -0.4 is 16.2 Å². The van der Waals surface area contributed by atoms with Crippen molar-refractivity contribution in [1.82, 2.24) is 0 Å². The van der Waals surface area contributed by atoms with Crippen LogP contribution in [0.5, 0.6) is 5.75 Å². The van der Waals surface area contributed by atoms with Gasteiger partial charge >= 0.3 is 12.1 Å². The molecule has 8 heteroatoms. The van der Waals surface area contributed by atoms with E-state index in [1.54, 1.807) is 6.07 Å². The molecule has 0 unspecified atom stereocenters. The topological polar surface area (TPSA) is 98.6 Å². The Balaban J connectivity index is 1.57. The van der Waals surface area contributed by atoms with Crippen molar-refractivity contribution in [3.8, 4) is 16.9 Å². The molecule has 0 fully saturated rings. The van der Waals surface area contributed by atoms with Gasteiger partial charge in [-0.1, -0.05) is 48.5 Å². The Hall–Kier alpha value is -4.46. The molecule has 0 radical (unpaired) electrons. The van der Waals surface area contributed by atoms with Crippen LogP contribution in [0.15, 0.2) is 91.0 Å². The van der Waals surface area contributed by atoms with E-state index in [0.29, 0.717) is 34.7 Å². The molecule has 5 nitrogen and oxygen atoms in total. The predicted octanol–water partition coefficient (Wildman–Crippen LogP) is 7.31. The van der Waals surface area contributed by atoms with Crippen LogP contribution in [0.4, 0.5) is 24.5 Å². The second kappa shape index (κ2) is 11.9. The van der Waals surface area contributed by atoms with Crippen molar-refractivity contribution < 1.29 is 27.8 Å². The molecule has 0 bridgehead atoms. The molecule has 0 saturated carbocycles. The van der Waals surface area contributed by atoms with E-state index in [4.69, 9.17) is 16.2 Å². The maximum Gasteiger partial charge on any atom is 0.389 e. The van der Waals surface area contributed by atoms with Gasteiger partial charge in [-0.25, -0.2) is 4.79 Å². The lowest BCUT2D eigenvalue weighted by atomic mass is 9.85. The first-order chi connectivity index (χ1) is 18.6. The average molecular weight is 535 g/mol. The number of benzene rings is 4. The Morgan fingerprint density at radius 2 is 1.38 bits per heavy atom. The first kappa shape index (κ1) is 27.6. The number of rotatable bonds is 10. The number of halogens is 3. The standard InChI is InChI=1S/C31H29F3N2O3/c32-31(33,34)16-1-17-39-26-14-15-27(30(37)38)29(19-26)23-4-2-20(3-5-23)18-28(21-6-10-24(35)11-7-21)22-8-12-25(36)13-9-22/h2-15,19,28H,1,16-18,35-36H2,(H,37,38). The van der Waals surface area contributed by atoms with Crippen molar-refractivity contribution in [2.45, 2.75) is 31.4 Å². The summed E-state index contributed by atoms with van der Waals surface area (Å²) in [4.78, 5) is 11.9. The molecule has 0 saturated heterocycles. The van der Waals surface area contributed by atoms with E-state index in [1.807, 2.05) is 72.8 Å². The van der Waals surface area contributed by atoms with Crippen molar-refractivity contribution in [3.05, 3.63) is 113 Å². The SMILES string of the molecule is Nc1ccc(C(Cc2ccc(-c3cc(OCCCC(F)(F)F)ccc3C(=O)O)cc2)c2ccc(N)cc2)cc1. The highest BCUT2D eigenvalue weighted by atomic mass is 19.4. The number of ether oxygens (including phenoxy) is 1. The highest BCUT2D eigenvalue weighted by Crippen LogP contribution is 2.33. The van der Waals surface area contributed by atoms with Crippen LogP contribution in [0.25, 0.3) is 11.1 Å². The maximum absolute atomic E-state index is 12.4. The predicted molar refractivity (Wildman–Crippen MR) is 147 cm³/mol. The van der Waals surface area contributed by atoms with E-state index in [-0.39, 0.29) is 24.5 Å². The molecular weight excluding hydrogens is 505 g/mol. The number of carbonyl (C=O) groups is 1. The molecule has 0 aliphatic carbocycles. The third-order valence-electron chi connectivity index (χ3n) is 6.48. The molecular formula is C31H29F3N2O3. The number of alkyl halides is 3. The second-order valence-electron chi connectivity index (χ2n) is 9.37. The van der Waals surface area contributed by atoms with E-state index in [0.717, 1.165) is 16.7 Å². The van der Waals surface area contributed by atoms with Gasteiger partial charge in [0, 0.05) is 23.7 Å². The summed E-state index contributed by atoms with van der Waals surface area (Å²) in [6, 6.07) is 27.5. The number of carboxylic acid groups (broad SMARTS) is 1. The number of nitrogens with two attached hydrogens (primary N) is 2. The van der Waals surface area contributed by atoms with E-state index < -0.39 is 18.6 Å². The normalized spacial score (nSPS) is 11.5. The molecule has 0 spiro atoms. The van der Waals surface area contributed by atoms with Crippen LogP contribution in [0.2, 0.25) is 0 Å². The molecule has 5 N–H and O–H groups in total. The van der Waals surface area contributed by atoms with Gasteiger partial charge in [0.05, 0.1) is 12.2 Å². The van der Waals surface area contributed by atoms with Gasteiger partial charge in [-0.05, 0) is 83.1 Å². The van der Waals surface area contributed by atoms with Gasteiger partial charge in [-0.15, -0.1) is 0 Å². The van der Waals surface area contributed by atoms with Crippen molar-refractivity contribution >= 4 is 17.3 Å². The van der Waals surface area contributed by atoms with E-state index in [1.165, 1.54) is 12.1 Å². The molecule has 39 heavy (non-hydrogen) atoms. The van der Waals surface area contributed by atoms with E-state index in [2.05, 4.69) is 0 Å². The second-order valence-corrected chi connectivity index (χ2v) is 9.37. The van der Waals surface area contributed by atoms with Crippen LogP contribution in [0.1, 0.15) is 45.8 Å². The Morgan fingerprint density at radius 1 is 0.821 bits per heavy atom. The highest BCUT2D eigenvalue weighted by molar-refractivity contribution is 5.96. The monoisotopic (exact) mass is 534 g/mol. The molecule has 0 amide bonds. The minimum absolute atomic E-state index is 0.0417. The lowest BCUT2D eigenvalue weighted by molar-refractivity contribution is -0.136. The van der Waals surface area contributed by atoms with Crippen LogP contribution in [-0.4, -0.2) is 23.9 Å². The number of nitrogen functional groups attached to an aromatic ring is 2.